The molecule has 0 N–H and O–H groups in total. The predicted molar refractivity (Wildman–Crippen MR) is 241 cm³/mol. The molecule has 0 radical (unpaired) electrons. The molecule has 0 spiro atoms. The SMILES string of the molecule is CC(C)c1cccc(C(C)C)c1-c1ccnc(-c2cc(Oc3cc(-c4cc([Si](C)(C)C[CH2][Ge]([CH3])([CH3])[CH3])ccn4)cc(C(C)(C)C)c3)cc(C(C)(C)C)c2)c1. The van der Waals surface area contributed by atoms with Crippen LogP contribution in [0, 0.1) is 0 Å². The molecule has 0 aliphatic carbocycles. The van der Waals surface area contributed by atoms with Crippen molar-refractivity contribution in [3.8, 4) is 45.1 Å². The Morgan fingerprint density at radius 3 is 1.56 bits per heavy atom. The number of ether oxygens (including phenoxy) is 1. The Balaban J connectivity index is 1.60. The minimum atomic E-state index is -1.63. The molecule has 0 aliphatic rings. The summed E-state index contributed by atoms with van der Waals surface area (Å²) in [6.45, 7) is 27.8. The maximum atomic E-state index is 6.92. The van der Waals surface area contributed by atoms with Gasteiger partial charge in [-0.05, 0) is 63.3 Å². The third kappa shape index (κ3) is 10.2. The minimum Gasteiger partial charge on any atom is -0.0561 e. The average Bonchev–Trinajstić information content (AvgIpc) is 3.09. The fourth-order valence-corrected chi connectivity index (χ4v) is 18.5. The second-order valence-electron chi connectivity index (χ2n) is 20.0. The predicted octanol–water partition coefficient (Wildman–Crippen LogP) is 14.4. The van der Waals surface area contributed by atoms with Gasteiger partial charge in [-0.2, -0.15) is 0 Å². The Morgan fingerprint density at radius 2 is 1.09 bits per heavy atom. The molecule has 5 heteroatoms. The molecule has 3 nitrogen and oxygen atoms in total. The average molecular weight is 800 g/mol. The van der Waals surface area contributed by atoms with E-state index in [-0.39, 0.29) is 10.8 Å². The van der Waals surface area contributed by atoms with Gasteiger partial charge < -0.3 is 0 Å². The molecular formula is C49H66GeN2OSi. The van der Waals surface area contributed by atoms with E-state index in [4.69, 9.17) is 14.7 Å². The van der Waals surface area contributed by atoms with E-state index in [1.54, 1.807) is 0 Å². The van der Waals surface area contributed by atoms with E-state index in [1.165, 1.54) is 49.9 Å². The first-order chi connectivity index (χ1) is 25.0. The van der Waals surface area contributed by atoms with Gasteiger partial charge in [0.05, 0.1) is 5.69 Å². The molecule has 0 amide bonds. The van der Waals surface area contributed by atoms with E-state index in [9.17, 15) is 0 Å². The maximum absolute atomic E-state index is 6.92. The summed E-state index contributed by atoms with van der Waals surface area (Å²) in [6.07, 6.45) is 3.98. The summed E-state index contributed by atoms with van der Waals surface area (Å²) in [4.78, 5) is 9.89. The van der Waals surface area contributed by atoms with Crippen molar-refractivity contribution in [2.45, 2.75) is 134 Å². The van der Waals surface area contributed by atoms with Crippen molar-refractivity contribution in [1.82, 2.24) is 9.97 Å². The fraction of sp³-hybridized carbons (Fsp3) is 0.429. The number of nitrogens with zero attached hydrogens (tertiary/aromatic N) is 2. The van der Waals surface area contributed by atoms with Gasteiger partial charge in [0.1, 0.15) is 0 Å². The van der Waals surface area contributed by atoms with E-state index in [1.807, 2.05) is 12.4 Å². The van der Waals surface area contributed by atoms with Crippen molar-refractivity contribution in [3.63, 3.8) is 0 Å². The molecule has 5 aromatic rings. The van der Waals surface area contributed by atoms with Gasteiger partial charge in [-0.25, -0.2) is 0 Å². The second kappa shape index (κ2) is 15.9. The second-order valence-corrected chi connectivity index (χ2v) is 36.7. The number of aromatic nitrogens is 2. The summed E-state index contributed by atoms with van der Waals surface area (Å²) in [5.41, 5.74) is 11.7. The zero-order valence-electron chi connectivity index (χ0n) is 36.0. The first-order valence-corrected chi connectivity index (χ1v) is 31.1. The standard InChI is InChI=1S/C49H66GeN2OSi/c1-33(2)43-17-16-18-44(34(3)4)47(43)35-19-22-51-45(29-35)36-25-38(48(5,6)7)30-40(27-36)53-41-28-37(26-39(31-41)49(8,9)10)46-32-42(20-23-52-46)54(14,15)24-21-50(11,12)13/h16-20,22-23,25-34H,21,24H2,1-15H3. The van der Waals surface area contributed by atoms with E-state index in [2.05, 4.69) is 178 Å². The van der Waals surface area contributed by atoms with Gasteiger partial charge in [-0.15, -0.1) is 0 Å². The molecule has 5 rings (SSSR count). The molecule has 0 bridgehead atoms. The van der Waals surface area contributed by atoms with Gasteiger partial charge in [-0.3, -0.25) is 4.98 Å². The third-order valence-electron chi connectivity index (χ3n) is 10.8. The van der Waals surface area contributed by atoms with Crippen LogP contribution in [-0.4, -0.2) is 31.3 Å². The quantitative estimate of drug-likeness (QED) is 0.125. The number of hydrogen-bond donors (Lipinski definition) is 0. The zero-order valence-corrected chi connectivity index (χ0v) is 39.1. The molecule has 0 saturated heterocycles. The van der Waals surface area contributed by atoms with Crippen molar-refractivity contribution >= 4 is 26.5 Å². The summed E-state index contributed by atoms with van der Waals surface area (Å²) in [5, 5.41) is 2.89. The topological polar surface area (TPSA) is 35.0 Å². The van der Waals surface area contributed by atoms with E-state index in [0.29, 0.717) is 11.8 Å². The molecule has 0 atom stereocenters. The number of hydrogen-bond acceptors (Lipinski definition) is 3. The fourth-order valence-electron chi connectivity index (χ4n) is 7.08. The Kier molecular flexibility index (Phi) is 12.3. The molecule has 54 heavy (non-hydrogen) atoms. The molecule has 2 aromatic heterocycles. The smallest absolute Gasteiger partial charge is 0.0561 e. The Hall–Kier alpha value is -3.48. The molecule has 0 saturated carbocycles. The molecule has 3 aromatic carbocycles. The Morgan fingerprint density at radius 1 is 0.611 bits per heavy atom. The van der Waals surface area contributed by atoms with Crippen molar-refractivity contribution in [2.24, 2.45) is 0 Å². The van der Waals surface area contributed by atoms with Crippen LogP contribution in [0.2, 0.25) is 41.7 Å². The molecule has 0 aliphatic heterocycles. The van der Waals surface area contributed by atoms with Crippen LogP contribution in [0.3, 0.4) is 0 Å². The van der Waals surface area contributed by atoms with Gasteiger partial charge in [-0.1, -0.05) is 66.7 Å². The summed E-state index contributed by atoms with van der Waals surface area (Å²) in [5.74, 6) is 10.1. The van der Waals surface area contributed by atoms with Crippen LogP contribution in [-0.2, 0) is 10.8 Å². The van der Waals surface area contributed by atoms with Crippen LogP contribution >= 0.6 is 0 Å². The Labute approximate surface area is 331 Å². The van der Waals surface area contributed by atoms with Crippen LogP contribution in [0.1, 0.15) is 103 Å². The van der Waals surface area contributed by atoms with Crippen LogP contribution in [0.5, 0.6) is 11.5 Å². The van der Waals surface area contributed by atoms with Crippen molar-refractivity contribution in [2.75, 3.05) is 0 Å². The molecule has 0 unspecified atom stereocenters. The van der Waals surface area contributed by atoms with Crippen LogP contribution in [0.4, 0.5) is 0 Å². The Bertz CT molecular complexity index is 2070. The van der Waals surface area contributed by atoms with Gasteiger partial charge >= 0.3 is 181 Å². The van der Waals surface area contributed by atoms with Crippen LogP contribution in [0.15, 0.2) is 91.3 Å². The van der Waals surface area contributed by atoms with E-state index >= 15 is 0 Å². The summed E-state index contributed by atoms with van der Waals surface area (Å²) >= 11 is -1.63. The molecular weight excluding hydrogens is 733 g/mol. The van der Waals surface area contributed by atoms with Crippen molar-refractivity contribution in [1.29, 1.82) is 0 Å². The van der Waals surface area contributed by atoms with Gasteiger partial charge in [0, 0.05) is 11.8 Å². The van der Waals surface area contributed by atoms with Crippen molar-refractivity contribution < 1.29 is 4.74 Å². The van der Waals surface area contributed by atoms with Gasteiger partial charge in [0.15, 0.2) is 0 Å². The number of rotatable bonds is 11. The normalized spacial score (nSPS) is 12.8. The van der Waals surface area contributed by atoms with Crippen molar-refractivity contribution in [3.05, 3.63) is 114 Å². The van der Waals surface area contributed by atoms with Gasteiger partial charge in [0.2, 0.25) is 0 Å². The first-order valence-electron chi connectivity index (χ1n) is 20.1. The summed E-state index contributed by atoms with van der Waals surface area (Å²) in [7, 11) is -1.62. The molecule has 0 fully saturated rings. The first kappa shape index (κ1) is 41.7. The number of benzene rings is 3. The third-order valence-corrected chi connectivity index (χ3v) is 18.9. The van der Waals surface area contributed by atoms with Crippen LogP contribution < -0.4 is 9.92 Å². The summed E-state index contributed by atoms with van der Waals surface area (Å²) in [6, 6.07) is 30.5. The number of pyridine rings is 2. The van der Waals surface area contributed by atoms with E-state index in [0.717, 1.165) is 34.0 Å². The minimum absolute atomic E-state index is 0.0669. The van der Waals surface area contributed by atoms with Gasteiger partial charge in [0.25, 0.3) is 0 Å². The monoisotopic (exact) mass is 800 g/mol. The van der Waals surface area contributed by atoms with Crippen LogP contribution in [0.25, 0.3) is 33.6 Å². The molecule has 2 heterocycles. The summed E-state index contributed by atoms with van der Waals surface area (Å²) < 4.78 is 6.92. The molecule has 286 valence electrons. The van der Waals surface area contributed by atoms with E-state index < -0.39 is 21.3 Å². The zero-order chi connectivity index (χ0) is 39.8.